The van der Waals surface area contributed by atoms with Crippen molar-refractivity contribution in [1.29, 1.82) is 0 Å². The third kappa shape index (κ3) is 2.31. The van der Waals surface area contributed by atoms with Crippen molar-refractivity contribution in [3.63, 3.8) is 0 Å². The van der Waals surface area contributed by atoms with E-state index in [4.69, 9.17) is 0 Å². The largest absolute Gasteiger partial charge is 0.383 e. The highest BCUT2D eigenvalue weighted by Crippen LogP contribution is 2.36. The number of aliphatic hydroxyl groups is 1. The van der Waals surface area contributed by atoms with Gasteiger partial charge in [-0.25, -0.2) is 0 Å². The van der Waals surface area contributed by atoms with Gasteiger partial charge in [-0.2, -0.15) is 0 Å². The lowest BCUT2D eigenvalue weighted by atomic mass is 10.0. The first-order chi connectivity index (χ1) is 9.16. The summed E-state index contributed by atoms with van der Waals surface area (Å²) in [5.74, 6) is 0. The van der Waals surface area contributed by atoms with Crippen molar-refractivity contribution in [2.24, 2.45) is 0 Å². The predicted molar refractivity (Wildman–Crippen MR) is 82.6 cm³/mol. The number of aliphatic hydroxyl groups excluding tert-OH is 1. The van der Waals surface area contributed by atoms with Crippen LogP contribution in [0.25, 0.3) is 10.9 Å². The second-order valence-corrected chi connectivity index (χ2v) is 6.83. The van der Waals surface area contributed by atoms with E-state index >= 15 is 0 Å². The van der Waals surface area contributed by atoms with E-state index in [2.05, 4.69) is 20.9 Å². The van der Waals surface area contributed by atoms with E-state index in [0.717, 1.165) is 30.7 Å². The molecule has 1 unspecified atom stereocenters. The summed E-state index contributed by atoms with van der Waals surface area (Å²) in [4.78, 5) is 5.27. The molecule has 2 aromatic heterocycles. The summed E-state index contributed by atoms with van der Waals surface area (Å²) < 4.78 is 1.07. The van der Waals surface area contributed by atoms with E-state index in [1.165, 1.54) is 0 Å². The molecule has 1 aromatic carbocycles. The van der Waals surface area contributed by atoms with Gasteiger partial charge in [0, 0.05) is 16.5 Å². The average Bonchev–Trinajstić information content (AvgIpc) is 2.77. The van der Waals surface area contributed by atoms with E-state index in [1.54, 1.807) is 17.5 Å². The van der Waals surface area contributed by atoms with Gasteiger partial charge in [-0.15, -0.1) is 11.3 Å². The zero-order chi connectivity index (χ0) is 13.4. The summed E-state index contributed by atoms with van der Waals surface area (Å²) in [5.41, 5.74) is 2.96. The number of hydrogen-bond acceptors (Lipinski definition) is 3. The molecule has 0 amide bonds. The van der Waals surface area contributed by atoms with Gasteiger partial charge in [-0.05, 0) is 52.2 Å². The lowest BCUT2D eigenvalue weighted by Crippen LogP contribution is -1.98. The van der Waals surface area contributed by atoms with E-state index < -0.39 is 6.10 Å². The van der Waals surface area contributed by atoms with Gasteiger partial charge in [-0.1, -0.05) is 18.2 Å². The van der Waals surface area contributed by atoms with Crippen molar-refractivity contribution in [1.82, 2.24) is 4.98 Å². The maximum Gasteiger partial charge on any atom is 0.114 e. The molecule has 3 aromatic rings. The van der Waals surface area contributed by atoms with Gasteiger partial charge in [-0.3, -0.25) is 4.98 Å². The molecule has 0 aliphatic heterocycles. The number of aryl methyl sites for hydroxylation is 1. The quantitative estimate of drug-likeness (QED) is 0.751. The van der Waals surface area contributed by atoms with Crippen LogP contribution in [-0.4, -0.2) is 10.1 Å². The summed E-state index contributed by atoms with van der Waals surface area (Å²) in [7, 11) is 0. The Morgan fingerprint density at radius 3 is 2.84 bits per heavy atom. The molecule has 3 rings (SSSR count). The Hall–Kier alpha value is -1.23. The maximum atomic E-state index is 10.6. The summed E-state index contributed by atoms with van der Waals surface area (Å²) in [5, 5.41) is 11.6. The number of thiophene rings is 1. The third-order valence-corrected chi connectivity index (χ3v) is 5.31. The van der Waals surface area contributed by atoms with Crippen LogP contribution in [0.4, 0.5) is 0 Å². The molecule has 1 N–H and O–H groups in total. The number of halogens is 1. The van der Waals surface area contributed by atoms with Crippen LogP contribution in [0.3, 0.4) is 0 Å². The normalized spacial score (nSPS) is 12.8. The number of fused-ring (bicyclic) bond motifs is 1. The Kier molecular flexibility index (Phi) is 3.39. The van der Waals surface area contributed by atoms with Crippen LogP contribution in [0, 0.1) is 6.92 Å². The second-order valence-electron chi connectivity index (χ2n) is 4.43. The number of hydrogen-bond donors (Lipinski definition) is 1. The Balaban J connectivity index is 2.13. The fraction of sp³-hybridized carbons (Fsp3) is 0.133. The first kappa shape index (κ1) is 12.8. The first-order valence-corrected chi connectivity index (χ1v) is 7.55. The van der Waals surface area contributed by atoms with Crippen molar-refractivity contribution >= 4 is 38.2 Å². The molecular formula is C15H12BrNOS. The highest BCUT2D eigenvalue weighted by Gasteiger charge is 2.16. The van der Waals surface area contributed by atoms with Gasteiger partial charge in [0.2, 0.25) is 0 Å². The standard InChI is InChI=1S/C15H12BrNOS/c1-9-8-13(19-15(9)16)14(18)11-4-2-6-12-10(11)5-3-7-17-12/h2-8,14,18H,1H3. The van der Waals surface area contributed by atoms with Crippen molar-refractivity contribution in [2.45, 2.75) is 13.0 Å². The predicted octanol–water partition coefficient (Wildman–Crippen LogP) is 4.45. The molecule has 0 aliphatic rings. The van der Waals surface area contributed by atoms with Crippen molar-refractivity contribution in [3.05, 3.63) is 62.4 Å². The molecule has 0 saturated carbocycles. The van der Waals surface area contributed by atoms with Crippen LogP contribution >= 0.6 is 27.3 Å². The van der Waals surface area contributed by atoms with Crippen LogP contribution in [0.5, 0.6) is 0 Å². The minimum absolute atomic E-state index is 0.608. The topological polar surface area (TPSA) is 33.1 Å². The van der Waals surface area contributed by atoms with E-state index in [9.17, 15) is 5.11 Å². The van der Waals surface area contributed by atoms with Gasteiger partial charge < -0.3 is 5.11 Å². The van der Waals surface area contributed by atoms with Crippen molar-refractivity contribution < 1.29 is 5.11 Å². The van der Waals surface area contributed by atoms with Crippen LogP contribution in [0.2, 0.25) is 0 Å². The zero-order valence-electron chi connectivity index (χ0n) is 10.3. The Labute approximate surface area is 123 Å². The Morgan fingerprint density at radius 1 is 1.26 bits per heavy atom. The number of rotatable bonds is 2. The molecule has 0 saturated heterocycles. The highest BCUT2D eigenvalue weighted by molar-refractivity contribution is 9.11. The van der Waals surface area contributed by atoms with E-state index in [-0.39, 0.29) is 0 Å². The molecule has 0 aliphatic carbocycles. The van der Waals surface area contributed by atoms with Gasteiger partial charge in [0.25, 0.3) is 0 Å². The van der Waals surface area contributed by atoms with Crippen molar-refractivity contribution in [2.75, 3.05) is 0 Å². The minimum Gasteiger partial charge on any atom is -0.383 e. The monoisotopic (exact) mass is 333 g/mol. The van der Waals surface area contributed by atoms with Crippen LogP contribution in [0.1, 0.15) is 22.1 Å². The molecule has 0 radical (unpaired) electrons. The van der Waals surface area contributed by atoms with Crippen LogP contribution in [0.15, 0.2) is 46.4 Å². The fourth-order valence-electron chi connectivity index (χ4n) is 2.14. The Bertz CT molecular complexity index is 713. The van der Waals surface area contributed by atoms with Gasteiger partial charge >= 0.3 is 0 Å². The average molecular weight is 334 g/mol. The van der Waals surface area contributed by atoms with E-state index in [1.807, 2.05) is 43.3 Å². The number of pyridine rings is 1. The lowest BCUT2D eigenvalue weighted by molar-refractivity contribution is 0.225. The molecule has 2 heterocycles. The molecule has 1 atom stereocenters. The number of benzene rings is 1. The summed E-state index contributed by atoms with van der Waals surface area (Å²) in [6, 6.07) is 11.8. The summed E-state index contributed by atoms with van der Waals surface area (Å²) in [6.45, 7) is 2.03. The molecule has 0 bridgehead atoms. The van der Waals surface area contributed by atoms with Gasteiger partial charge in [0.1, 0.15) is 6.10 Å². The second kappa shape index (κ2) is 5.04. The lowest BCUT2D eigenvalue weighted by Gasteiger charge is -2.11. The molecular weight excluding hydrogens is 322 g/mol. The fourth-order valence-corrected chi connectivity index (χ4v) is 3.71. The molecule has 96 valence electrons. The third-order valence-electron chi connectivity index (χ3n) is 3.12. The minimum atomic E-state index is -0.608. The molecule has 2 nitrogen and oxygen atoms in total. The SMILES string of the molecule is Cc1cc(C(O)c2cccc3ncccc23)sc1Br. The van der Waals surface area contributed by atoms with Crippen LogP contribution < -0.4 is 0 Å². The molecule has 4 heteroatoms. The van der Waals surface area contributed by atoms with Gasteiger partial charge in [0.05, 0.1) is 9.30 Å². The smallest absolute Gasteiger partial charge is 0.114 e. The molecule has 19 heavy (non-hydrogen) atoms. The van der Waals surface area contributed by atoms with Gasteiger partial charge in [0.15, 0.2) is 0 Å². The van der Waals surface area contributed by atoms with Crippen molar-refractivity contribution in [3.8, 4) is 0 Å². The first-order valence-electron chi connectivity index (χ1n) is 5.94. The Morgan fingerprint density at radius 2 is 2.11 bits per heavy atom. The summed E-state index contributed by atoms with van der Waals surface area (Å²) >= 11 is 5.07. The zero-order valence-corrected chi connectivity index (χ0v) is 12.7. The van der Waals surface area contributed by atoms with E-state index in [0.29, 0.717) is 0 Å². The molecule has 0 fully saturated rings. The number of nitrogens with zero attached hydrogens (tertiary/aromatic N) is 1. The molecule has 0 spiro atoms. The summed E-state index contributed by atoms with van der Waals surface area (Å²) in [6.07, 6.45) is 1.16. The highest BCUT2D eigenvalue weighted by atomic mass is 79.9. The number of aromatic nitrogens is 1. The van der Waals surface area contributed by atoms with Crippen LogP contribution in [-0.2, 0) is 0 Å². The maximum absolute atomic E-state index is 10.6.